The first-order chi connectivity index (χ1) is 8.09. The summed E-state index contributed by atoms with van der Waals surface area (Å²) in [7, 11) is -1.29. The molecule has 1 saturated heterocycles. The van der Waals surface area contributed by atoms with Gasteiger partial charge in [-0.3, -0.25) is 0 Å². The fraction of sp³-hybridized carbons (Fsp3) is 0.600. The summed E-state index contributed by atoms with van der Waals surface area (Å²) in [6.45, 7) is 0. The Bertz CT molecular complexity index is 475. The van der Waals surface area contributed by atoms with Crippen LogP contribution in [-0.2, 0) is 9.84 Å². The van der Waals surface area contributed by atoms with Crippen LogP contribution in [-0.4, -0.2) is 43.0 Å². The maximum absolute atomic E-state index is 11.3. The highest BCUT2D eigenvalue weighted by Crippen LogP contribution is 2.16. The van der Waals surface area contributed by atoms with Gasteiger partial charge in [-0.15, -0.1) is 0 Å². The van der Waals surface area contributed by atoms with Gasteiger partial charge in [0.2, 0.25) is 11.8 Å². The molecule has 1 fully saturated rings. The van der Waals surface area contributed by atoms with Crippen molar-refractivity contribution in [2.24, 2.45) is 0 Å². The maximum Gasteiger partial charge on any atom is 0.226 e. The van der Waals surface area contributed by atoms with Crippen molar-refractivity contribution >= 4 is 15.8 Å². The molecule has 0 spiro atoms. The molecule has 1 aliphatic rings. The van der Waals surface area contributed by atoms with Gasteiger partial charge in [-0.1, -0.05) is 0 Å². The summed E-state index contributed by atoms with van der Waals surface area (Å²) < 4.78 is 27.5. The van der Waals surface area contributed by atoms with Gasteiger partial charge in [0.25, 0.3) is 0 Å². The minimum absolute atomic E-state index is 0.116. The van der Waals surface area contributed by atoms with E-state index in [9.17, 15) is 8.42 Å². The van der Waals surface area contributed by atoms with E-state index in [1.807, 2.05) is 0 Å². The second-order valence-corrected chi connectivity index (χ2v) is 6.30. The summed E-state index contributed by atoms with van der Waals surface area (Å²) in [6, 6.07) is 1.78. The Kier molecular flexibility index (Phi) is 3.46. The molecule has 1 aliphatic heterocycles. The van der Waals surface area contributed by atoms with Crippen molar-refractivity contribution in [3.8, 4) is 5.88 Å². The Morgan fingerprint density at radius 3 is 2.76 bits per heavy atom. The summed E-state index contributed by atoms with van der Waals surface area (Å²) >= 11 is 0. The normalized spacial score (nSPS) is 19.8. The number of nitrogens with one attached hydrogen (secondary N) is 1. The first kappa shape index (κ1) is 12.1. The average Bonchev–Trinajstić information content (AvgIpc) is 2.32. The highest BCUT2D eigenvalue weighted by atomic mass is 32.2. The summed E-state index contributed by atoms with van der Waals surface area (Å²) in [5.74, 6) is 1.43. The number of ether oxygens (including phenoxy) is 1. The number of aromatic nitrogens is 2. The van der Waals surface area contributed by atoms with Crippen LogP contribution >= 0.6 is 0 Å². The van der Waals surface area contributed by atoms with Crippen LogP contribution in [0.4, 0.5) is 5.95 Å². The summed E-state index contributed by atoms with van der Waals surface area (Å²) in [5.41, 5.74) is 0. The first-order valence-electron chi connectivity index (χ1n) is 5.43. The molecule has 7 heteroatoms. The lowest BCUT2D eigenvalue weighted by molar-refractivity contribution is 0.397. The lowest BCUT2D eigenvalue weighted by Gasteiger charge is -2.22. The molecule has 0 atom stereocenters. The van der Waals surface area contributed by atoms with Crippen molar-refractivity contribution in [1.29, 1.82) is 0 Å². The van der Waals surface area contributed by atoms with Crippen molar-refractivity contribution in [3.05, 3.63) is 12.3 Å². The van der Waals surface area contributed by atoms with Gasteiger partial charge in [0.15, 0.2) is 0 Å². The number of hydrogen-bond acceptors (Lipinski definition) is 6. The Balaban J connectivity index is 1.97. The van der Waals surface area contributed by atoms with E-state index in [4.69, 9.17) is 4.74 Å². The quantitative estimate of drug-likeness (QED) is 0.848. The molecule has 0 aliphatic carbocycles. The van der Waals surface area contributed by atoms with E-state index >= 15 is 0 Å². The zero-order valence-electron chi connectivity index (χ0n) is 9.59. The van der Waals surface area contributed by atoms with Crippen molar-refractivity contribution in [2.45, 2.75) is 18.9 Å². The number of anilines is 1. The van der Waals surface area contributed by atoms with E-state index in [2.05, 4.69) is 15.3 Å². The molecule has 1 aromatic rings. The largest absolute Gasteiger partial charge is 0.481 e. The van der Waals surface area contributed by atoms with Gasteiger partial charge in [-0.2, -0.15) is 4.98 Å². The minimum Gasteiger partial charge on any atom is -0.481 e. The van der Waals surface area contributed by atoms with Crippen molar-refractivity contribution in [3.63, 3.8) is 0 Å². The molecule has 2 rings (SSSR count). The van der Waals surface area contributed by atoms with E-state index in [-0.39, 0.29) is 17.5 Å². The number of sulfone groups is 1. The SMILES string of the molecule is COc1ccnc(NC2CCS(=O)(=O)CC2)n1. The maximum atomic E-state index is 11.3. The van der Waals surface area contributed by atoms with E-state index in [1.165, 1.54) is 0 Å². The Hall–Kier alpha value is -1.37. The number of nitrogens with zero attached hydrogens (tertiary/aromatic N) is 2. The van der Waals surface area contributed by atoms with Gasteiger partial charge in [0, 0.05) is 18.3 Å². The highest BCUT2D eigenvalue weighted by molar-refractivity contribution is 7.91. The van der Waals surface area contributed by atoms with Crippen LogP contribution in [0.2, 0.25) is 0 Å². The molecular formula is C10H15N3O3S. The minimum atomic E-state index is -2.83. The molecule has 1 N–H and O–H groups in total. The van der Waals surface area contributed by atoms with E-state index < -0.39 is 9.84 Å². The molecule has 17 heavy (non-hydrogen) atoms. The predicted octanol–water partition coefficient (Wildman–Crippen LogP) is 0.474. The van der Waals surface area contributed by atoms with Crippen molar-refractivity contribution in [1.82, 2.24) is 9.97 Å². The summed E-state index contributed by atoms with van der Waals surface area (Å²) in [4.78, 5) is 8.19. The average molecular weight is 257 g/mol. The third-order valence-corrected chi connectivity index (χ3v) is 4.44. The van der Waals surface area contributed by atoms with Gasteiger partial charge >= 0.3 is 0 Å². The molecule has 0 amide bonds. The summed E-state index contributed by atoms with van der Waals surface area (Å²) in [6.07, 6.45) is 2.81. The van der Waals surface area contributed by atoms with Crippen LogP contribution in [0.1, 0.15) is 12.8 Å². The smallest absolute Gasteiger partial charge is 0.226 e. The van der Waals surface area contributed by atoms with Crippen LogP contribution in [0.15, 0.2) is 12.3 Å². The fourth-order valence-electron chi connectivity index (χ4n) is 1.74. The van der Waals surface area contributed by atoms with Gasteiger partial charge in [-0.05, 0) is 12.8 Å². The molecule has 0 unspecified atom stereocenters. The van der Waals surface area contributed by atoms with Crippen LogP contribution < -0.4 is 10.1 Å². The molecule has 1 aromatic heterocycles. The third kappa shape index (κ3) is 3.29. The van der Waals surface area contributed by atoms with E-state index in [1.54, 1.807) is 19.4 Å². The zero-order chi connectivity index (χ0) is 12.3. The van der Waals surface area contributed by atoms with Crippen LogP contribution in [0.25, 0.3) is 0 Å². The van der Waals surface area contributed by atoms with E-state index in [0.717, 1.165) is 0 Å². The second kappa shape index (κ2) is 4.87. The van der Waals surface area contributed by atoms with Gasteiger partial charge in [0.05, 0.1) is 18.6 Å². The summed E-state index contributed by atoms with van der Waals surface area (Å²) in [5, 5.41) is 3.13. The van der Waals surface area contributed by atoms with Gasteiger partial charge in [0.1, 0.15) is 9.84 Å². The molecule has 6 nitrogen and oxygen atoms in total. The van der Waals surface area contributed by atoms with Crippen LogP contribution in [0.5, 0.6) is 5.88 Å². The Morgan fingerprint density at radius 2 is 2.12 bits per heavy atom. The molecule has 0 saturated carbocycles. The topological polar surface area (TPSA) is 81.2 Å². The Morgan fingerprint density at radius 1 is 1.41 bits per heavy atom. The number of methoxy groups -OCH3 is 1. The van der Waals surface area contributed by atoms with E-state index in [0.29, 0.717) is 24.7 Å². The molecule has 0 aromatic carbocycles. The van der Waals surface area contributed by atoms with Crippen molar-refractivity contribution in [2.75, 3.05) is 23.9 Å². The molecule has 0 bridgehead atoms. The van der Waals surface area contributed by atoms with Crippen LogP contribution in [0, 0.1) is 0 Å². The highest BCUT2D eigenvalue weighted by Gasteiger charge is 2.23. The van der Waals surface area contributed by atoms with Crippen LogP contribution in [0.3, 0.4) is 0 Å². The fourth-order valence-corrected chi connectivity index (χ4v) is 3.23. The lowest BCUT2D eigenvalue weighted by Crippen LogP contribution is -2.32. The third-order valence-electron chi connectivity index (χ3n) is 2.73. The predicted molar refractivity (Wildman–Crippen MR) is 63.9 cm³/mol. The molecular weight excluding hydrogens is 242 g/mol. The van der Waals surface area contributed by atoms with Gasteiger partial charge in [-0.25, -0.2) is 13.4 Å². The first-order valence-corrected chi connectivity index (χ1v) is 7.25. The molecule has 94 valence electrons. The zero-order valence-corrected chi connectivity index (χ0v) is 10.4. The lowest BCUT2D eigenvalue weighted by atomic mass is 10.2. The molecule has 0 radical (unpaired) electrons. The second-order valence-electron chi connectivity index (χ2n) is 3.99. The molecule has 2 heterocycles. The number of hydrogen-bond donors (Lipinski definition) is 1. The van der Waals surface area contributed by atoms with Gasteiger partial charge < -0.3 is 10.1 Å². The number of rotatable bonds is 3. The Labute approximate surface area is 100 Å². The standard InChI is InChI=1S/C10H15N3O3S/c1-16-9-2-5-11-10(13-9)12-8-3-6-17(14,15)7-4-8/h2,5,8H,3-4,6-7H2,1H3,(H,11,12,13). The monoisotopic (exact) mass is 257 g/mol. The van der Waals surface area contributed by atoms with Crippen molar-refractivity contribution < 1.29 is 13.2 Å².